The fourth-order valence-corrected chi connectivity index (χ4v) is 2.47. The molecule has 0 aliphatic heterocycles. The molecule has 94 valence electrons. The van der Waals surface area contributed by atoms with Crippen molar-refractivity contribution in [3.63, 3.8) is 0 Å². The number of nitrogens with zero attached hydrogens (tertiary/aromatic N) is 1. The van der Waals surface area contributed by atoms with Gasteiger partial charge in [-0.25, -0.2) is 0 Å². The molecule has 3 nitrogen and oxygen atoms in total. The Kier molecular flexibility index (Phi) is 4.87. The van der Waals surface area contributed by atoms with Crippen LogP contribution in [0.4, 0.5) is 5.69 Å². The van der Waals surface area contributed by atoms with E-state index in [1.807, 2.05) is 30.8 Å². The molecule has 1 unspecified atom stereocenters. The molecule has 1 atom stereocenters. The van der Waals surface area contributed by atoms with E-state index in [-0.39, 0.29) is 5.84 Å². The fourth-order valence-electron chi connectivity index (χ4n) is 1.76. The average molecular weight is 251 g/mol. The number of nitrogens with one attached hydrogen (secondary N) is 1. The third-order valence-electron chi connectivity index (χ3n) is 2.89. The number of aryl methyl sites for hydroxylation is 1. The molecule has 4 heteroatoms. The quantitative estimate of drug-likeness (QED) is 0.624. The molecular weight excluding hydrogens is 230 g/mol. The van der Waals surface area contributed by atoms with Crippen molar-refractivity contribution in [1.82, 2.24) is 0 Å². The molecule has 3 N–H and O–H groups in total. The second-order valence-corrected chi connectivity index (χ2v) is 5.26. The maximum absolute atomic E-state index is 7.66. The van der Waals surface area contributed by atoms with Crippen LogP contribution in [0.25, 0.3) is 0 Å². The van der Waals surface area contributed by atoms with Crippen LogP contribution < -0.4 is 10.6 Å². The highest BCUT2D eigenvalue weighted by molar-refractivity contribution is 7.98. The number of hydrogen-bond acceptors (Lipinski definition) is 3. The van der Waals surface area contributed by atoms with E-state index < -0.39 is 0 Å². The molecule has 0 bridgehead atoms. The van der Waals surface area contributed by atoms with E-state index in [1.54, 1.807) is 0 Å². The van der Waals surface area contributed by atoms with E-state index >= 15 is 0 Å². The average Bonchev–Trinajstić information content (AvgIpc) is 2.28. The summed E-state index contributed by atoms with van der Waals surface area (Å²) in [6.45, 7) is 4.20. The Labute approximate surface area is 108 Å². The summed E-state index contributed by atoms with van der Waals surface area (Å²) in [5.74, 6) is 1.19. The second kappa shape index (κ2) is 5.96. The minimum absolute atomic E-state index is 0.131. The molecule has 0 fully saturated rings. The lowest BCUT2D eigenvalue weighted by Gasteiger charge is -2.28. The van der Waals surface area contributed by atoms with Crippen LogP contribution in [0, 0.1) is 12.3 Å². The number of anilines is 1. The summed E-state index contributed by atoms with van der Waals surface area (Å²) < 4.78 is 0. The van der Waals surface area contributed by atoms with Gasteiger partial charge in [0, 0.05) is 30.1 Å². The van der Waals surface area contributed by atoms with Crippen molar-refractivity contribution in [1.29, 1.82) is 5.41 Å². The fraction of sp³-hybridized carbons (Fsp3) is 0.462. The Balaban J connectivity index is 3.08. The van der Waals surface area contributed by atoms with Gasteiger partial charge < -0.3 is 10.6 Å². The molecule has 0 aliphatic rings. The highest BCUT2D eigenvalue weighted by atomic mass is 32.2. The number of nitrogen functional groups attached to an aromatic ring is 1. The predicted octanol–water partition coefficient (Wildman–Crippen LogP) is 2.47. The maximum Gasteiger partial charge on any atom is 0.124 e. The van der Waals surface area contributed by atoms with Gasteiger partial charge in [-0.05, 0) is 32.2 Å². The van der Waals surface area contributed by atoms with Gasteiger partial charge >= 0.3 is 0 Å². The van der Waals surface area contributed by atoms with Gasteiger partial charge in [-0.15, -0.1) is 0 Å². The summed E-state index contributed by atoms with van der Waals surface area (Å²) in [7, 11) is 2.05. The number of thioether (sulfide) groups is 1. The Hall–Kier alpha value is -1.16. The molecule has 1 aromatic carbocycles. The minimum Gasteiger partial charge on any atom is -0.384 e. The Morgan fingerprint density at radius 2 is 2.18 bits per heavy atom. The molecule has 1 rings (SSSR count). The van der Waals surface area contributed by atoms with E-state index in [0.29, 0.717) is 6.04 Å². The molecular formula is C13H21N3S. The highest BCUT2D eigenvalue weighted by Crippen LogP contribution is 2.23. The Morgan fingerprint density at radius 1 is 1.53 bits per heavy atom. The van der Waals surface area contributed by atoms with Gasteiger partial charge in [0.25, 0.3) is 0 Å². The zero-order chi connectivity index (χ0) is 13.0. The van der Waals surface area contributed by atoms with Crippen LogP contribution in [-0.2, 0) is 0 Å². The van der Waals surface area contributed by atoms with Crippen molar-refractivity contribution in [3.8, 4) is 0 Å². The van der Waals surface area contributed by atoms with Crippen LogP contribution in [-0.4, -0.2) is 30.9 Å². The van der Waals surface area contributed by atoms with E-state index in [9.17, 15) is 0 Å². The van der Waals surface area contributed by atoms with E-state index in [1.165, 1.54) is 0 Å². The number of nitrogens with two attached hydrogens (primary N) is 1. The van der Waals surface area contributed by atoms with Gasteiger partial charge in [0.05, 0.1) is 0 Å². The van der Waals surface area contributed by atoms with Crippen LogP contribution in [0.5, 0.6) is 0 Å². The van der Waals surface area contributed by atoms with Crippen molar-refractivity contribution in [2.24, 2.45) is 5.73 Å². The first kappa shape index (κ1) is 13.9. The number of hydrogen-bond donors (Lipinski definition) is 2. The van der Waals surface area contributed by atoms with Crippen LogP contribution in [0.1, 0.15) is 18.1 Å². The van der Waals surface area contributed by atoms with E-state index in [4.69, 9.17) is 11.1 Å². The molecule has 0 spiro atoms. The lowest BCUT2D eigenvalue weighted by molar-refractivity contribution is 0.764. The zero-order valence-corrected chi connectivity index (χ0v) is 11.8. The van der Waals surface area contributed by atoms with E-state index in [0.717, 1.165) is 22.6 Å². The van der Waals surface area contributed by atoms with Gasteiger partial charge in [0.1, 0.15) is 5.84 Å². The first-order valence-corrected chi connectivity index (χ1v) is 7.03. The van der Waals surface area contributed by atoms with Gasteiger partial charge in [-0.3, -0.25) is 5.41 Å². The van der Waals surface area contributed by atoms with Crippen LogP contribution in [0.3, 0.4) is 0 Å². The molecule has 0 saturated heterocycles. The largest absolute Gasteiger partial charge is 0.384 e. The smallest absolute Gasteiger partial charge is 0.124 e. The van der Waals surface area contributed by atoms with Crippen LogP contribution in [0.2, 0.25) is 0 Å². The monoisotopic (exact) mass is 251 g/mol. The number of amidine groups is 1. The van der Waals surface area contributed by atoms with Crippen molar-refractivity contribution in [3.05, 3.63) is 29.3 Å². The summed E-state index contributed by atoms with van der Waals surface area (Å²) >= 11 is 1.82. The maximum atomic E-state index is 7.66. The van der Waals surface area contributed by atoms with Gasteiger partial charge in [-0.1, -0.05) is 11.6 Å². The lowest BCUT2D eigenvalue weighted by atomic mass is 10.1. The van der Waals surface area contributed by atoms with Crippen molar-refractivity contribution in [2.45, 2.75) is 19.9 Å². The molecule has 0 amide bonds. The standard InChI is InChI=1S/C13H21N3S/c1-9-5-6-12(11(7-9)13(14)15)16(3)10(2)8-17-4/h5-7,10H,8H2,1-4H3,(H3,14,15). The predicted molar refractivity (Wildman–Crippen MR) is 78.4 cm³/mol. The lowest BCUT2D eigenvalue weighted by Crippen LogP contribution is -2.32. The number of benzene rings is 1. The third kappa shape index (κ3) is 3.40. The zero-order valence-electron chi connectivity index (χ0n) is 10.9. The molecule has 0 aromatic heterocycles. The molecule has 0 aliphatic carbocycles. The Bertz CT molecular complexity index is 404. The topological polar surface area (TPSA) is 53.1 Å². The molecule has 0 radical (unpaired) electrons. The summed E-state index contributed by atoms with van der Waals surface area (Å²) in [4.78, 5) is 2.19. The highest BCUT2D eigenvalue weighted by Gasteiger charge is 2.14. The van der Waals surface area contributed by atoms with Crippen molar-refractivity contribution >= 4 is 23.3 Å². The second-order valence-electron chi connectivity index (χ2n) is 4.35. The summed E-state index contributed by atoms with van der Waals surface area (Å²) in [5, 5.41) is 7.66. The molecule has 0 saturated carbocycles. The van der Waals surface area contributed by atoms with Crippen molar-refractivity contribution < 1.29 is 0 Å². The first-order valence-electron chi connectivity index (χ1n) is 5.64. The molecule has 1 aromatic rings. The van der Waals surface area contributed by atoms with Crippen molar-refractivity contribution in [2.75, 3.05) is 24.0 Å². The molecule has 0 heterocycles. The summed E-state index contributed by atoms with van der Waals surface area (Å²) in [6.07, 6.45) is 2.10. The van der Waals surface area contributed by atoms with Gasteiger partial charge in [0.15, 0.2) is 0 Å². The normalized spacial score (nSPS) is 12.2. The first-order chi connectivity index (χ1) is 7.97. The SMILES string of the molecule is CSCC(C)N(C)c1ccc(C)cc1C(=N)N. The van der Waals surface area contributed by atoms with Gasteiger partial charge in [0.2, 0.25) is 0 Å². The third-order valence-corrected chi connectivity index (χ3v) is 3.71. The Morgan fingerprint density at radius 3 is 2.71 bits per heavy atom. The van der Waals surface area contributed by atoms with Gasteiger partial charge in [-0.2, -0.15) is 11.8 Å². The van der Waals surface area contributed by atoms with Crippen LogP contribution >= 0.6 is 11.8 Å². The van der Waals surface area contributed by atoms with E-state index in [2.05, 4.69) is 31.2 Å². The summed E-state index contributed by atoms with van der Waals surface area (Å²) in [5.41, 5.74) is 8.63. The number of rotatable bonds is 5. The summed E-state index contributed by atoms with van der Waals surface area (Å²) in [6, 6.07) is 6.50. The minimum atomic E-state index is 0.131. The molecule has 17 heavy (non-hydrogen) atoms. The van der Waals surface area contributed by atoms with Crippen LogP contribution in [0.15, 0.2) is 18.2 Å².